The second kappa shape index (κ2) is 6.63. The topological polar surface area (TPSA) is 83.1 Å². The van der Waals surface area contributed by atoms with Crippen LogP contribution in [0.5, 0.6) is 0 Å². The lowest BCUT2D eigenvalue weighted by atomic mass is 10.1. The molecule has 0 spiro atoms. The molecule has 142 valence electrons. The van der Waals surface area contributed by atoms with Crippen LogP contribution in [-0.4, -0.2) is 30.1 Å². The van der Waals surface area contributed by atoms with Crippen molar-refractivity contribution < 1.29 is 0 Å². The second-order valence-corrected chi connectivity index (χ2v) is 7.07. The molecule has 30 heavy (non-hydrogen) atoms. The van der Waals surface area contributed by atoms with Crippen LogP contribution in [0.3, 0.4) is 0 Å². The lowest BCUT2D eigenvalue weighted by Gasteiger charge is -2.01. The fourth-order valence-corrected chi connectivity index (χ4v) is 3.80. The number of aromatic amines is 2. The fraction of sp³-hybridized carbons (Fsp3) is 0. The van der Waals surface area contributed by atoms with Gasteiger partial charge >= 0.3 is 0 Å². The smallest absolute Gasteiger partial charge is 0.116 e. The number of hydrogen-bond donors (Lipinski definition) is 2. The molecule has 6 aromatic rings. The third kappa shape index (κ3) is 2.66. The van der Waals surface area contributed by atoms with Crippen LogP contribution in [0.1, 0.15) is 0 Å². The van der Waals surface area contributed by atoms with Gasteiger partial charge in [-0.2, -0.15) is 5.10 Å². The van der Waals surface area contributed by atoms with Crippen LogP contribution in [0.25, 0.3) is 55.8 Å². The van der Waals surface area contributed by atoms with Crippen molar-refractivity contribution in [1.29, 1.82) is 0 Å². The molecule has 6 rings (SSSR count). The number of fused-ring (bicyclic) bond motifs is 2. The average molecular weight is 388 g/mol. The summed E-state index contributed by atoms with van der Waals surface area (Å²) in [5, 5.41) is 9.77. The van der Waals surface area contributed by atoms with Gasteiger partial charge in [0, 0.05) is 34.2 Å². The van der Waals surface area contributed by atoms with Gasteiger partial charge in [-0.05, 0) is 42.5 Å². The first-order valence-electron chi connectivity index (χ1n) is 9.66. The molecule has 0 aliphatic carbocycles. The Balaban J connectivity index is 1.52. The van der Waals surface area contributed by atoms with E-state index in [1.54, 1.807) is 12.4 Å². The number of pyridine rings is 3. The molecular formula is C24H16N6. The molecule has 0 aliphatic heterocycles. The summed E-state index contributed by atoms with van der Waals surface area (Å²) in [5.74, 6) is 0. The van der Waals surface area contributed by atoms with Crippen molar-refractivity contribution >= 4 is 21.8 Å². The molecule has 2 N–H and O–H groups in total. The van der Waals surface area contributed by atoms with Crippen LogP contribution in [-0.2, 0) is 0 Å². The first kappa shape index (κ1) is 16.6. The highest BCUT2D eigenvalue weighted by Gasteiger charge is 2.15. The maximum atomic E-state index is 4.57. The molecule has 0 radical (unpaired) electrons. The molecule has 0 bridgehead atoms. The molecule has 6 heteroatoms. The molecule has 0 unspecified atom stereocenters. The highest BCUT2D eigenvalue weighted by atomic mass is 15.1. The van der Waals surface area contributed by atoms with Gasteiger partial charge in [-0.25, -0.2) is 0 Å². The average Bonchev–Trinajstić information content (AvgIpc) is 3.43. The lowest BCUT2D eigenvalue weighted by molar-refractivity contribution is 1.11. The third-order valence-corrected chi connectivity index (χ3v) is 5.23. The number of aromatic nitrogens is 6. The maximum absolute atomic E-state index is 4.57. The highest BCUT2D eigenvalue weighted by Crippen LogP contribution is 2.34. The Morgan fingerprint density at radius 2 is 1.47 bits per heavy atom. The summed E-state index contributed by atoms with van der Waals surface area (Å²) in [6.45, 7) is 0. The molecule has 0 amide bonds. The Bertz CT molecular complexity index is 1480. The minimum atomic E-state index is 0.816. The molecule has 5 aromatic heterocycles. The number of H-pyrrole nitrogens is 2. The molecule has 5 heterocycles. The van der Waals surface area contributed by atoms with E-state index in [2.05, 4.69) is 48.3 Å². The van der Waals surface area contributed by atoms with Crippen LogP contribution in [0, 0.1) is 0 Å². The first-order valence-corrected chi connectivity index (χ1v) is 9.66. The van der Waals surface area contributed by atoms with Crippen molar-refractivity contribution in [3.05, 3.63) is 85.3 Å². The molecule has 0 aliphatic rings. The molecule has 1 aromatic carbocycles. The van der Waals surface area contributed by atoms with E-state index in [1.807, 2.05) is 54.7 Å². The molecule has 6 nitrogen and oxygen atoms in total. The molecule has 0 fully saturated rings. The minimum absolute atomic E-state index is 0.816. The SMILES string of the molecule is c1ccc(-c2cc3c(-c4cc5c(-c6ccccn6)cccc5[nH]4)n[nH]c3cn2)nc1. The Kier molecular flexibility index (Phi) is 3.67. The monoisotopic (exact) mass is 388 g/mol. The van der Waals surface area contributed by atoms with Gasteiger partial charge in [0.25, 0.3) is 0 Å². The van der Waals surface area contributed by atoms with Gasteiger partial charge in [0.1, 0.15) is 5.69 Å². The number of rotatable bonds is 3. The largest absolute Gasteiger partial charge is 0.353 e. The molecule has 0 saturated heterocycles. The zero-order valence-corrected chi connectivity index (χ0v) is 15.9. The van der Waals surface area contributed by atoms with Gasteiger partial charge < -0.3 is 4.98 Å². The van der Waals surface area contributed by atoms with Crippen molar-refractivity contribution in [2.75, 3.05) is 0 Å². The van der Waals surface area contributed by atoms with Gasteiger partial charge in [0.05, 0.1) is 34.5 Å². The van der Waals surface area contributed by atoms with E-state index in [9.17, 15) is 0 Å². The van der Waals surface area contributed by atoms with Gasteiger partial charge in [0.2, 0.25) is 0 Å². The van der Waals surface area contributed by atoms with Crippen molar-refractivity contribution in [3.8, 4) is 34.0 Å². The standard InChI is InChI=1S/C24H16N6/c1-3-10-25-18(7-1)15-6-5-9-19-16(15)12-22(28-19)24-17-13-21(20-8-2-4-11-26-20)27-14-23(17)29-30-24/h1-14,28H,(H,29,30). The predicted molar refractivity (Wildman–Crippen MR) is 118 cm³/mol. The van der Waals surface area contributed by atoms with Crippen molar-refractivity contribution in [2.24, 2.45) is 0 Å². The summed E-state index contributed by atoms with van der Waals surface area (Å²) in [5.41, 5.74) is 7.41. The van der Waals surface area contributed by atoms with Gasteiger partial charge in [-0.15, -0.1) is 0 Å². The minimum Gasteiger partial charge on any atom is -0.353 e. The first-order chi connectivity index (χ1) is 14.9. The van der Waals surface area contributed by atoms with E-state index < -0.39 is 0 Å². The number of hydrogen-bond acceptors (Lipinski definition) is 4. The number of nitrogens with zero attached hydrogens (tertiary/aromatic N) is 4. The Morgan fingerprint density at radius 1 is 0.633 bits per heavy atom. The zero-order valence-electron chi connectivity index (χ0n) is 15.9. The summed E-state index contributed by atoms with van der Waals surface area (Å²) < 4.78 is 0. The Hall–Kier alpha value is -4.32. The molecule has 0 saturated carbocycles. The van der Waals surface area contributed by atoms with Crippen molar-refractivity contribution in [3.63, 3.8) is 0 Å². The van der Waals surface area contributed by atoms with Crippen LogP contribution >= 0.6 is 0 Å². The lowest BCUT2D eigenvalue weighted by Crippen LogP contribution is -1.86. The molecule has 0 atom stereocenters. The fourth-order valence-electron chi connectivity index (χ4n) is 3.80. The van der Waals surface area contributed by atoms with Crippen molar-refractivity contribution in [2.45, 2.75) is 0 Å². The summed E-state index contributed by atoms with van der Waals surface area (Å²) in [4.78, 5) is 17.0. The van der Waals surface area contributed by atoms with E-state index in [-0.39, 0.29) is 0 Å². The van der Waals surface area contributed by atoms with E-state index in [4.69, 9.17) is 0 Å². The second-order valence-electron chi connectivity index (χ2n) is 7.07. The predicted octanol–water partition coefficient (Wildman–Crippen LogP) is 5.23. The van der Waals surface area contributed by atoms with Crippen molar-refractivity contribution in [1.82, 2.24) is 30.1 Å². The quantitative estimate of drug-likeness (QED) is 0.435. The highest BCUT2D eigenvalue weighted by molar-refractivity contribution is 6.01. The van der Waals surface area contributed by atoms with Gasteiger partial charge in [-0.1, -0.05) is 24.3 Å². The van der Waals surface area contributed by atoms with Crippen LogP contribution in [0.4, 0.5) is 0 Å². The van der Waals surface area contributed by atoms with Crippen LogP contribution < -0.4 is 0 Å². The van der Waals surface area contributed by atoms with E-state index in [0.29, 0.717) is 0 Å². The Labute approximate surface area is 171 Å². The summed E-state index contributed by atoms with van der Waals surface area (Å²) in [6, 6.07) is 22.1. The van der Waals surface area contributed by atoms with E-state index in [1.165, 1.54) is 0 Å². The third-order valence-electron chi connectivity index (χ3n) is 5.23. The molecular weight excluding hydrogens is 372 g/mol. The number of nitrogens with one attached hydrogen (secondary N) is 2. The van der Waals surface area contributed by atoms with Gasteiger partial charge in [-0.3, -0.25) is 20.1 Å². The normalized spacial score (nSPS) is 11.3. The summed E-state index contributed by atoms with van der Waals surface area (Å²) in [7, 11) is 0. The van der Waals surface area contributed by atoms with Crippen LogP contribution in [0.15, 0.2) is 85.3 Å². The Morgan fingerprint density at radius 3 is 2.27 bits per heavy atom. The summed E-state index contributed by atoms with van der Waals surface area (Å²) >= 11 is 0. The van der Waals surface area contributed by atoms with E-state index >= 15 is 0 Å². The van der Waals surface area contributed by atoms with E-state index in [0.717, 1.165) is 55.8 Å². The zero-order chi connectivity index (χ0) is 19.9. The maximum Gasteiger partial charge on any atom is 0.116 e. The summed E-state index contributed by atoms with van der Waals surface area (Å²) in [6.07, 6.45) is 5.39. The number of benzene rings is 1. The van der Waals surface area contributed by atoms with Crippen LogP contribution in [0.2, 0.25) is 0 Å². The van der Waals surface area contributed by atoms with Gasteiger partial charge in [0.15, 0.2) is 0 Å².